The van der Waals surface area contributed by atoms with Crippen LogP contribution in [-0.2, 0) is 19.1 Å². The minimum absolute atomic E-state index is 0.223. The van der Waals surface area contributed by atoms with Gasteiger partial charge in [-0.15, -0.1) is 0 Å². The summed E-state index contributed by atoms with van der Waals surface area (Å²) in [5, 5.41) is 17.2. The first-order valence-electron chi connectivity index (χ1n) is 9.39. The number of carbonyl (C=O) groups excluding carboxylic acids is 1. The Bertz CT molecular complexity index is 563. The molecule has 0 bridgehead atoms. The maximum Gasteiger partial charge on any atom is 0.333 e. The van der Waals surface area contributed by atoms with E-state index in [1.54, 1.807) is 6.92 Å². The predicted octanol–water partition coefficient (Wildman–Crippen LogP) is 3.67. The first-order valence-corrected chi connectivity index (χ1v) is 9.39. The van der Waals surface area contributed by atoms with Crippen molar-refractivity contribution in [2.45, 2.75) is 52.4 Å². The van der Waals surface area contributed by atoms with Crippen LogP contribution in [0.1, 0.15) is 52.4 Å². The number of carboxylic acid groups (broad SMARTS) is 2. The van der Waals surface area contributed by atoms with Crippen molar-refractivity contribution in [2.75, 3.05) is 27.2 Å². The second kappa shape index (κ2) is 16.7. The van der Waals surface area contributed by atoms with Gasteiger partial charge in [0.25, 0.3) is 0 Å². The zero-order valence-corrected chi connectivity index (χ0v) is 17.6. The molecule has 0 atom stereocenters. The Morgan fingerprint density at radius 2 is 1.61 bits per heavy atom. The Kier molecular flexibility index (Phi) is 16.6. The fourth-order valence-electron chi connectivity index (χ4n) is 1.84. The first-order chi connectivity index (χ1) is 13.1. The summed E-state index contributed by atoms with van der Waals surface area (Å²) in [6, 6.07) is 0. The molecule has 0 aliphatic rings. The molecule has 2 N–H and O–H groups in total. The van der Waals surface area contributed by atoms with Crippen molar-refractivity contribution in [3.05, 3.63) is 36.0 Å². The van der Waals surface area contributed by atoms with Crippen LogP contribution >= 0.6 is 0 Å². The smallest absolute Gasteiger partial charge is 0.333 e. The molecule has 0 aromatic carbocycles. The van der Waals surface area contributed by atoms with E-state index in [-0.39, 0.29) is 17.6 Å². The van der Waals surface area contributed by atoms with Crippen molar-refractivity contribution in [2.24, 2.45) is 0 Å². The van der Waals surface area contributed by atoms with E-state index in [9.17, 15) is 14.4 Å². The molecular formula is C21H35NO6. The highest BCUT2D eigenvalue weighted by Crippen LogP contribution is 2.09. The highest BCUT2D eigenvalue weighted by molar-refractivity contribution is 5.89. The quantitative estimate of drug-likeness (QED) is 0.278. The molecule has 7 heteroatoms. The van der Waals surface area contributed by atoms with Gasteiger partial charge in [-0.3, -0.25) is 0 Å². The number of allylic oxidation sites excluding steroid dienone is 1. The van der Waals surface area contributed by atoms with Crippen LogP contribution < -0.4 is 0 Å². The van der Waals surface area contributed by atoms with Crippen molar-refractivity contribution in [1.82, 2.24) is 4.90 Å². The van der Waals surface area contributed by atoms with Gasteiger partial charge in [0.2, 0.25) is 0 Å². The molecule has 0 fully saturated rings. The van der Waals surface area contributed by atoms with Gasteiger partial charge in [-0.05, 0) is 52.7 Å². The summed E-state index contributed by atoms with van der Waals surface area (Å²) in [7, 11) is 3.92. The van der Waals surface area contributed by atoms with Crippen molar-refractivity contribution in [1.29, 1.82) is 0 Å². The van der Waals surface area contributed by atoms with Gasteiger partial charge in [0.15, 0.2) is 0 Å². The van der Waals surface area contributed by atoms with E-state index in [0.29, 0.717) is 25.0 Å². The second-order valence-corrected chi connectivity index (χ2v) is 6.50. The lowest BCUT2D eigenvalue weighted by atomic mass is 10.1. The van der Waals surface area contributed by atoms with E-state index in [0.717, 1.165) is 25.8 Å². The summed E-state index contributed by atoms with van der Waals surface area (Å²) >= 11 is 0. The topological polar surface area (TPSA) is 104 Å². The molecule has 0 aliphatic carbocycles. The largest absolute Gasteiger partial charge is 0.478 e. The predicted molar refractivity (Wildman–Crippen MR) is 110 cm³/mol. The number of hydrogen-bond donors (Lipinski definition) is 2. The lowest BCUT2D eigenvalue weighted by Gasteiger charge is -2.08. The van der Waals surface area contributed by atoms with Crippen LogP contribution in [0.4, 0.5) is 0 Å². The molecule has 0 saturated heterocycles. The molecule has 0 rings (SSSR count). The van der Waals surface area contributed by atoms with E-state index in [2.05, 4.69) is 13.2 Å². The van der Waals surface area contributed by atoms with Gasteiger partial charge in [-0.1, -0.05) is 39.5 Å². The zero-order chi connectivity index (χ0) is 22.1. The molecule has 28 heavy (non-hydrogen) atoms. The van der Waals surface area contributed by atoms with E-state index in [1.807, 2.05) is 25.9 Å². The molecule has 0 saturated carbocycles. The summed E-state index contributed by atoms with van der Waals surface area (Å²) < 4.78 is 4.96. The maximum atomic E-state index is 11.4. The average Bonchev–Trinajstić information content (AvgIpc) is 2.61. The molecule has 0 amide bonds. The number of esters is 1. The number of nitrogens with zero attached hydrogens (tertiary/aromatic N) is 1. The van der Waals surface area contributed by atoms with Gasteiger partial charge < -0.3 is 19.8 Å². The van der Waals surface area contributed by atoms with Crippen LogP contribution in [0.5, 0.6) is 0 Å². The summed E-state index contributed by atoms with van der Waals surface area (Å²) in [6.07, 6.45) is 5.37. The Hall–Kier alpha value is -2.41. The Morgan fingerprint density at radius 1 is 1.00 bits per heavy atom. The number of carbonyl (C=O) groups is 3. The molecule has 0 aliphatic heterocycles. The van der Waals surface area contributed by atoms with Crippen LogP contribution in [0.15, 0.2) is 36.0 Å². The molecular weight excluding hydrogens is 362 g/mol. The van der Waals surface area contributed by atoms with E-state index in [1.165, 1.54) is 6.08 Å². The van der Waals surface area contributed by atoms with E-state index in [4.69, 9.17) is 14.9 Å². The molecule has 7 nitrogen and oxygen atoms in total. The molecule has 0 spiro atoms. The van der Waals surface area contributed by atoms with Gasteiger partial charge in [0.05, 0.1) is 6.61 Å². The molecule has 0 aromatic rings. The zero-order valence-electron chi connectivity index (χ0n) is 17.6. The number of hydrogen-bond acceptors (Lipinski definition) is 5. The van der Waals surface area contributed by atoms with Crippen LogP contribution in [0, 0.1) is 0 Å². The summed E-state index contributed by atoms with van der Waals surface area (Å²) in [5.41, 5.74) is 0.868. The minimum Gasteiger partial charge on any atom is -0.478 e. The van der Waals surface area contributed by atoms with Gasteiger partial charge in [-0.2, -0.15) is 0 Å². The van der Waals surface area contributed by atoms with Crippen LogP contribution in [0.3, 0.4) is 0 Å². The van der Waals surface area contributed by atoms with Crippen molar-refractivity contribution < 1.29 is 29.3 Å². The lowest BCUT2D eigenvalue weighted by molar-refractivity contribution is -0.139. The maximum absolute atomic E-state index is 11.4. The lowest BCUT2D eigenvalue weighted by Crippen LogP contribution is -2.13. The third-order valence-corrected chi connectivity index (χ3v) is 3.66. The standard InChI is InChI=1S/C13H20O4.C8H15NO2/c1-4-6-9-17-13(16)10(3)7-8-11(5-2)12(14)15;1-7(8(10)11)5-4-6-9(2)3/h8H,3-7,9H2,1-2H3,(H,14,15);1,4-6H2,2-3H3,(H,10,11). The Labute approximate surface area is 168 Å². The van der Waals surface area contributed by atoms with Crippen molar-refractivity contribution in [3.63, 3.8) is 0 Å². The van der Waals surface area contributed by atoms with Gasteiger partial charge >= 0.3 is 17.9 Å². The fourth-order valence-corrected chi connectivity index (χ4v) is 1.84. The SMILES string of the molecule is C=C(CC=C(CC)C(=O)O)C(=O)OCCCC.C=C(CCCN(C)C)C(=O)O. The number of carboxylic acids is 2. The third-order valence-electron chi connectivity index (χ3n) is 3.66. The Morgan fingerprint density at radius 3 is 2.04 bits per heavy atom. The summed E-state index contributed by atoms with van der Waals surface area (Å²) in [4.78, 5) is 34.4. The first kappa shape index (κ1) is 27.8. The normalized spacial score (nSPS) is 10.7. The Balaban J connectivity index is 0. The van der Waals surface area contributed by atoms with Crippen molar-refractivity contribution >= 4 is 17.9 Å². The van der Waals surface area contributed by atoms with E-state index < -0.39 is 17.9 Å². The summed E-state index contributed by atoms with van der Waals surface area (Å²) in [5.74, 6) is -2.29. The average molecular weight is 398 g/mol. The number of rotatable bonds is 13. The summed E-state index contributed by atoms with van der Waals surface area (Å²) in [6.45, 7) is 12.1. The minimum atomic E-state index is -0.959. The second-order valence-electron chi connectivity index (χ2n) is 6.50. The van der Waals surface area contributed by atoms with Crippen LogP contribution in [-0.4, -0.2) is 60.3 Å². The van der Waals surface area contributed by atoms with Gasteiger partial charge in [0, 0.05) is 16.7 Å². The fraction of sp³-hybridized carbons (Fsp3) is 0.571. The monoisotopic (exact) mass is 397 g/mol. The highest BCUT2D eigenvalue weighted by atomic mass is 16.5. The third kappa shape index (κ3) is 15.8. The number of ether oxygens (including phenoxy) is 1. The molecule has 0 aromatic heterocycles. The molecule has 0 radical (unpaired) electrons. The van der Waals surface area contributed by atoms with Gasteiger partial charge in [0.1, 0.15) is 0 Å². The highest BCUT2D eigenvalue weighted by Gasteiger charge is 2.09. The molecule has 0 unspecified atom stereocenters. The van der Waals surface area contributed by atoms with Crippen LogP contribution in [0.25, 0.3) is 0 Å². The van der Waals surface area contributed by atoms with E-state index >= 15 is 0 Å². The number of unbranched alkanes of at least 4 members (excludes halogenated alkanes) is 1. The van der Waals surface area contributed by atoms with Gasteiger partial charge in [-0.25, -0.2) is 14.4 Å². The number of aliphatic carboxylic acids is 2. The van der Waals surface area contributed by atoms with Crippen LogP contribution in [0.2, 0.25) is 0 Å². The van der Waals surface area contributed by atoms with Crippen molar-refractivity contribution in [3.8, 4) is 0 Å². The molecule has 160 valence electrons. The molecule has 0 heterocycles.